The highest BCUT2D eigenvalue weighted by Crippen LogP contribution is 2.22. The van der Waals surface area contributed by atoms with Crippen LogP contribution in [0, 0.1) is 5.92 Å². The molecule has 26 heavy (non-hydrogen) atoms. The summed E-state index contributed by atoms with van der Waals surface area (Å²) in [5.41, 5.74) is 6.45. The number of aryl methyl sites for hydroxylation is 1. The van der Waals surface area contributed by atoms with Crippen molar-refractivity contribution in [3.05, 3.63) is 29.8 Å². The van der Waals surface area contributed by atoms with Crippen LogP contribution in [0.4, 0.5) is 0 Å². The van der Waals surface area contributed by atoms with Gasteiger partial charge >= 0.3 is 0 Å². The molecule has 0 aromatic heterocycles. The highest BCUT2D eigenvalue weighted by molar-refractivity contribution is 7.98. The summed E-state index contributed by atoms with van der Waals surface area (Å²) < 4.78 is 0. The van der Waals surface area contributed by atoms with Crippen molar-refractivity contribution in [1.29, 1.82) is 0 Å². The quantitative estimate of drug-likeness (QED) is 0.351. The van der Waals surface area contributed by atoms with Gasteiger partial charge in [0.2, 0.25) is 0 Å². The molecule has 0 saturated carbocycles. The van der Waals surface area contributed by atoms with Crippen LogP contribution in [0.5, 0.6) is 0 Å². The lowest BCUT2D eigenvalue weighted by Gasteiger charge is -2.24. The maximum Gasteiger partial charge on any atom is 0.157 e. The molecule has 0 spiro atoms. The zero-order valence-electron chi connectivity index (χ0n) is 18.3. The first-order chi connectivity index (χ1) is 12.2. The normalized spacial score (nSPS) is 13.1. The lowest BCUT2D eigenvalue weighted by molar-refractivity contribution is -0.121. The zero-order chi connectivity index (χ0) is 20.8. The fourth-order valence-corrected chi connectivity index (χ4v) is 2.73. The van der Waals surface area contributed by atoms with Crippen LogP contribution in [-0.4, -0.2) is 23.4 Å². The van der Waals surface area contributed by atoms with Crippen LogP contribution in [-0.2, 0) is 11.2 Å². The van der Waals surface area contributed by atoms with E-state index in [0.29, 0.717) is 18.2 Å². The summed E-state index contributed by atoms with van der Waals surface area (Å²) in [4.78, 5) is 17.1. The molecule has 3 nitrogen and oxygen atoms in total. The Labute approximate surface area is 166 Å². The maximum absolute atomic E-state index is 11.5. The number of amidine groups is 1. The van der Waals surface area contributed by atoms with E-state index in [-0.39, 0.29) is 5.78 Å². The molecular weight excluding hydrogens is 340 g/mol. The van der Waals surface area contributed by atoms with E-state index in [0.717, 1.165) is 12.8 Å². The number of carbonyl (C=O) groups excluding carboxylic acids is 1. The number of aliphatic imine (C=N–C) groups is 1. The molecule has 1 rings (SSSR count). The summed E-state index contributed by atoms with van der Waals surface area (Å²) in [6, 6.07) is 8.71. The van der Waals surface area contributed by atoms with E-state index in [1.165, 1.54) is 10.5 Å². The number of Topliss-reactive ketones (excluding diaryl/α,β-unsaturated/α-hetero) is 1. The molecule has 0 amide bonds. The third-order valence-electron chi connectivity index (χ3n) is 3.88. The van der Waals surface area contributed by atoms with Crippen LogP contribution < -0.4 is 5.73 Å². The van der Waals surface area contributed by atoms with Crippen molar-refractivity contribution in [1.82, 2.24) is 0 Å². The molecule has 1 atom stereocenters. The Morgan fingerprint density at radius 3 is 2.00 bits per heavy atom. The first-order valence-corrected chi connectivity index (χ1v) is 10.9. The minimum Gasteiger partial charge on any atom is -0.387 e. The summed E-state index contributed by atoms with van der Waals surface area (Å²) in [7, 11) is 0. The van der Waals surface area contributed by atoms with Crippen molar-refractivity contribution >= 4 is 23.4 Å². The number of nitrogens with zero attached hydrogens (tertiary/aromatic N) is 1. The summed E-state index contributed by atoms with van der Waals surface area (Å²) >= 11 is 1.79. The van der Waals surface area contributed by atoms with Gasteiger partial charge in [-0.15, -0.1) is 11.8 Å². The van der Waals surface area contributed by atoms with Gasteiger partial charge in [-0.3, -0.25) is 9.79 Å². The van der Waals surface area contributed by atoms with Gasteiger partial charge in [0.05, 0.1) is 5.84 Å². The van der Waals surface area contributed by atoms with Gasteiger partial charge in [0.15, 0.2) is 5.78 Å². The van der Waals surface area contributed by atoms with Crippen LogP contribution >= 0.6 is 11.8 Å². The Bertz CT molecular complexity index is 500. The van der Waals surface area contributed by atoms with Gasteiger partial charge in [0.1, 0.15) is 5.54 Å². The molecule has 0 heterocycles. The second kappa shape index (κ2) is 14.8. The van der Waals surface area contributed by atoms with Crippen molar-refractivity contribution < 1.29 is 4.79 Å². The number of nitrogens with two attached hydrogens (primary N) is 1. The molecular formula is C22H40N2OS. The Kier molecular flexibility index (Phi) is 15.4. The number of carbonyl (C=O) groups is 1. The van der Waals surface area contributed by atoms with Crippen LogP contribution in [0.2, 0.25) is 0 Å². The van der Waals surface area contributed by atoms with Crippen molar-refractivity contribution in [2.45, 2.75) is 85.1 Å². The van der Waals surface area contributed by atoms with Crippen LogP contribution in [0.25, 0.3) is 0 Å². The minimum atomic E-state index is -0.631. The SMILES string of the molecule is CC.CCC(N)=NC(C)(CC(C)C)C(C)=O.CCc1ccc(SC)cc1. The molecule has 1 aromatic carbocycles. The molecule has 0 radical (unpaired) electrons. The Morgan fingerprint density at radius 1 is 1.19 bits per heavy atom. The average molecular weight is 381 g/mol. The molecule has 2 N–H and O–H groups in total. The maximum atomic E-state index is 11.5. The smallest absolute Gasteiger partial charge is 0.157 e. The molecule has 0 bridgehead atoms. The largest absolute Gasteiger partial charge is 0.387 e. The molecule has 0 aliphatic heterocycles. The minimum absolute atomic E-state index is 0.0857. The predicted octanol–water partition coefficient (Wildman–Crippen LogP) is 6.14. The highest BCUT2D eigenvalue weighted by Gasteiger charge is 2.30. The van der Waals surface area contributed by atoms with Crippen molar-refractivity contribution in [3.8, 4) is 0 Å². The number of rotatable bonds is 7. The molecule has 0 aliphatic carbocycles. The lowest BCUT2D eigenvalue weighted by atomic mass is 9.88. The zero-order valence-corrected chi connectivity index (χ0v) is 19.2. The summed E-state index contributed by atoms with van der Waals surface area (Å²) in [5, 5.41) is 0. The van der Waals surface area contributed by atoms with E-state index in [4.69, 9.17) is 5.73 Å². The third kappa shape index (κ3) is 11.3. The van der Waals surface area contributed by atoms with Gasteiger partial charge < -0.3 is 5.73 Å². The van der Waals surface area contributed by atoms with E-state index in [2.05, 4.69) is 56.3 Å². The fourth-order valence-electron chi connectivity index (χ4n) is 2.32. The molecule has 0 aliphatic rings. The standard InChI is InChI=1S/C11H22N2O.C9H12S.C2H6/c1-6-10(12)13-11(5,9(4)14)7-8(2)3;1-3-8-4-6-9(10-2)7-5-8;1-2/h8H,6-7H2,1-5H3,(H2,12,13);4-7H,3H2,1-2H3;1-2H3. The van der Waals surface area contributed by atoms with Crippen molar-refractivity contribution in [3.63, 3.8) is 0 Å². The molecule has 1 unspecified atom stereocenters. The van der Waals surface area contributed by atoms with E-state index in [1.807, 2.05) is 27.7 Å². The summed E-state index contributed by atoms with van der Waals surface area (Å²) in [5.74, 6) is 1.09. The van der Waals surface area contributed by atoms with Gasteiger partial charge in [-0.1, -0.05) is 53.7 Å². The monoisotopic (exact) mass is 380 g/mol. The lowest BCUT2D eigenvalue weighted by Crippen LogP contribution is -2.35. The second-order valence-electron chi connectivity index (χ2n) is 6.59. The number of thioether (sulfide) groups is 1. The van der Waals surface area contributed by atoms with Gasteiger partial charge in [-0.25, -0.2) is 0 Å². The number of hydrogen-bond donors (Lipinski definition) is 1. The number of benzene rings is 1. The predicted molar refractivity (Wildman–Crippen MR) is 119 cm³/mol. The molecule has 150 valence electrons. The Morgan fingerprint density at radius 2 is 1.69 bits per heavy atom. The third-order valence-corrected chi connectivity index (χ3v) is 4.63. The fraction of sp³-hybridized carbons (Fsp3) is 0.636. The van der Waals surface area contributed by atoms with E-state index >= 15 is 0 Å². The topological polar surface area (TPSA) is 55.4 Å². The number of ketones is 1. The van der Waals surface area contributed by atoms with E-state index in [9.17, 15) is 4.79 Å². The van der Waals surface area contributed by atoms with Crippen LogP contribution in [0.3, 0.4) is 0 Å². The Balaban J connectivity index is 0. The number of hydrogen-bond acceptors (Lipinski definition) is 3. The van der Waals surface area contributed by atoms with Gasteiger partial charge in [0, 0.05) is 11.3 Å². The van der Waals surface area contributed by atoms with Crippen molar-refractivity contribution in [2.24, 2.45) is 16.6 Å². The van der Waals surface area contributed by atoms with Gasteiger partial charge in [-0.05, 0) is 56.6 Å². The van der Waals surface area contributed by atoms with Gasteiger partial charge in [0.25, 0.3) is 0 Å². The van der Waals surface area contributed by atoms with Crippen LogP contribution in [0.1, 0.15) is 73.8 Å². The van der Waals surface area contributed by atoms with Crippen LogP contribution in [0.15, 0.2) is 34.2 Å². The molecule has 0 saturated heterocycles. The molecule has 0 fully saturated rings. The second-order valence-corrected chi connectivity index (χ2v) is 7.47. The molecule has 1 aromatic rings. The summed E-state index contributed by atoms with van der Waals surface area (Å²) in [6.07, 6.45) is 4.68. The van der Waals surface area contributed by atoms with Crippen molar-refractivity contribution in [2.75, 3.05) is 6.26 Å². The first-order valence-electron chi connectivity index (χ1n) is 9.66. The molecule has 4 heteroatoms. The average Bonchev–Trinajstić information content (AvgIpc) is 2.63. The highest BCUT2D eigenvalue weighted by atomic mass is 32.2. The van der Waals surface area contributed by atoms with E-state index in [1.54, 1.807) is 18.7 Å². The van der Waals surface area contributed by atoms with Gasteiger partial charge in [-0.2, -0.15) is 0 Å². The van der Waals surface area contributed by atoms with E-state index < -0.39 is 5.54 Å². The first kappa shape index (κ1) is 26.9. The Hall–Kier alpha value is -1.29. The summed E-state index contributed by atoms with van der Waals surface area (Å²) in [6.45, 7) is 15.7.